The van der Waals surface area contributed by atoms with Gasteiger partial charge in [-0.25, -0.2) is 4.68 Å². The average Bonchev–Trinajstić information content (AvgIpc) is 2.71. The smallest absolute Gasteiger partial charge is 0.0857 e. The number of hydrogen-bond donors (Lipinski definition) is 1. The van der Waals surface area contributed by atoms with Crippen molar-refractivity contribution in [2.45, 2.75) is 40.2 Å². The molecule has 0 aliphatic heterocycles. The van der Waals surface area contributed by atoms with Gasteiger partial charge in [-0.15, -0.1) is 5.10 Å². The van der Waals surface area contributed by atoms with Gasteiger partial charge >= 0.3 is 0 Å². The Hall–Kier alpha value is -1.68. The zero-order chi connectivity index (χ0) is 13.8. The number of aromatic nitrogens is 3. The lowest BCUT2D eigenvalue weighted by atomic mass is 10.1. The van der Waals surface area contributed by atoms with E-state index in [1.165, 1.54) is 16.7 Å². The van der Waals surface area contributed by atoms with Crippen LogP contribution in [0.1, 0.15) is 35.0 Å². The molecule has 0 bridgehead atoms. The minimum Gasteiger partial charge on any atom is -0.396 e. The minimum atomic E-state index is 0.132. The molecule has 1 aromatic carbocycles. The van der Waals surface area contributed by atoms with Crippen molar-refractivity contribution in [3.8, 4) is 0 Å². The van der Waals surface area contributed by atoms with Crippen LogP contribution in [0.3, 0.4) is 0 Å². The van der Waals surface area contributed by atoms with Crippen LogP contribution in [0.2, 0.25) is 0 Å². The van der Waals surface area contributed by atoms with Crippen molar-refractivity contribution < 1.29 is 5.11 Å². The molecule has 0 saturated heterocycles. The maximum atomic E-state index is 9.17. The molecule has 4 heteroatoms. The van der Waals surface area contributed by atoms with Crippen molar-refractivity contribution in [2.75, 3.05) is 6.61 Å². The van der Waals surface area contributed by atoms with Crippen LogP contribution in [0, 0.1) is 13.8 Å². The van der Waals surface area contributed by atoms with E-state index in [9.17, 15) is 0 Å². The molecule has 0 spiro atoms. The summed E-state index contributed by atoms with van der Waals surface area (Å²) >= 11 is 0. The van der Waals surface area contributed by atoms with Crippen LogP contribution in [0.4, 0.5) is 0 Å². The van der Waals surface area contributed by atoms with E-state index < -0.39 is 0 Å². The largest absolute Gasteiger partial charge is 0.396 e. The molecule has 2 rings (SSSR count). The summed E-state index contributed by atoms with van der Waals surface area (Å²) in [5, 5.41) is 17.6. The Morgan fingerprint density at radius 3 is 2.42 bits per heavy atom. The van der Waals surface area contributed by atoms with Gasteiger partial charge in [0.05, 0.1) is 17.9 Å². The first kappa shape index (κ1) is 13.7. The summed E-state index contributed by atoms with van der Waals surface area (Å²) in [4.78, 5) is 0. The normalized spacial score (nSPS) is 10.9. The fraction of sp³-hybridized carbons (Fsp3) is 0.467. The van der Waals surface area contributed by atoms with Gasteiger partial charge in [0, 0.05) is 13.0 Å². The van der Waals surface area contributed by atoms with Crippen molar-refractivity contribution in [1.82, 2.24) is 15.0 Å². The molecule has 0 amide bonds. The molecule has 1 heterocycles. The second kappa shape index (κ2) is 5.97. The summed E-state index contributed by atoms with van der Waals surface area (Å²) in [5.74, 6) is 0. The maximum absolute atomic E-state index is 9.17. The van der Waals surface area contributed by atoms with E-state index >= 15 is 0 Å². The number of nitrogens with zero attached hydrogens (tertiary/aromatic N) is 3. The summed E-state index contributed by atoms with van der Waals surface area (Å²) < 4.78 is 1.91. The highest BCUT2D eigenvalue weighted by Gasteiger charge is 2.11. The molecule has 0 aliphatic rings. The first-order valence-electron chi connectivity index (χ1n) is 6.73. The van der Waals surface area contributed by atoms with Gasteiger partial charge < -0.3 is 5.11 Å². The topological polar surface area (TPSA) is 50.9 Å². The van der Waals surface area contributed by atoms with E-state index in [1.807, 2.05) is 4.68 Å². The van der Waals surface area contributed by atoms with Gasteiger partial charge in [0.15, 0.2) is 0 Å². The molecular formula is C15H21N3O. The van der Waals surface area contributed by atoms with E-state index in [1.54, 1.807) is 0 Å². The fourth-order valence-electron chi connectivity index (χ4n) is 2.48. The summed E-state index contributed by atoms with van der Waals surface area (Å²) in [5.41, 5.74) is 5.77. The monoisotopic (exact) mass is 259 g/mol. The Balaban J connectivity index is 2.29. The Kier molecular flexibility index (Phi) is 4.32. The van der Waals surface area contributed by atoms with Crippen LogP contribution < -0.4 is 0 Å². The standard InChI is InChI=1S/C15H21N3O/c1-4-14-15(5-6-19)18(17-16-14)10-13-8-11(2)7-12(3)9-13/h7-9,19H,4-6,10H2,1-3H3. The van der Waals surface area contributed by atoms with Crippen molar-refractivity contribution in [2.24, 2.45) is 0 Å². The highest BCUT2D eigenvalue weighted by Crippen LogP contribution is 2.13. The summed E-state index contributed by atoms with van der Waals surface area (Å²) in [7, 11) is 0. The third-order valence-corrected chi connectivity index (χ3v) is 3.22. The first-order chi connectivity index (χ1) is 9.13. The number of aryl methyl sites for hydroxylation is 3. The SMILES string of the molecule is CCc1nnn(Cc2cc(C)cc(C)c2)c1CCO. The third-order valence-electron chi connectivity index (χ3n) is 3.22. The van der Waals surface area contributed by atoms with Crippen molar-refractivity contribution in [1.29, 1.82) is 0 Å². The second-order valence-corrected chi connectivity index (χ2v) is 4.96. The first-order valence-corrected chi connectivity index (χ1v) is 6.73. The molecule has 0 unspecified atom stereocenters. The summed E-state index contributed by atoms with van der Waals surface area (Å²) in [6.07, 6.45) is 1.46. The predicted molar refractivity (Wildman–Crippen MR) is 75.2 cm³/mol. The average molecular weight is 259 g/mol. The van der Waals surface area contributed by atoms with Crippen LogP contribution in [0.15, 0.2) is 18.2 Å². The summed E-state index contributed by atoms with van der Waals surface area (Å²) in [6, 6.07) is 6.50. The number of aliphatic hydroxyl groups is 1. The molecule has 0 saturated carbocycles. The fourth-order valence-corrected chi connectivity index (χ4v) is 2.48. The van der Waals surface area contributed by atoms with Crippen LogP contribution in [0.25, 0.3) is 0 Å². The molecule has 0 radical (unpaired) electrons. The summed E-state index contributed by atoms with van der Waals surface area (Å²) in [6.45, 7) is 7.11. The highest BCUT2D eigenvalue weighted by molar-refractivity contribution is 5.29. The Bertz CT molecular complexity index is 540. The van der Waals surface area contributed by atoms with Gasteiger partial charge in [-0.05, 0) is 25.8 Å². The number of rotatable bonds is 5. The Morgan fingerprint density at radius 2 is 1.84 bits per heavy atom. The van der Waals surface area contributed by atoms with Crippen LogP contribution in [-0.4, -0.2) is 26.7 Å². The zero-order valence-corrected chi connectivity index (χ0v) is 11.8. The Morgan fingerprint density at radius 1 is 1.16 bits per heavy atom. The molecule has 0 atom stereocenters. The molecule has 1 aromatic heterocycles. The number of aliphatic hydroxyl groups excluding tert-OH is 1. The van der Waals surface area contributed by atoms with Gasteiger partial charge in [-0.3, -0.25) is 0 Å². The van der Waals surface area contributed by atoms with Gasteiger partial charge in [-0.1, -0.05) is 41.5 Å². The predicted octanol–water partition coefficient (Wildman–Crippen LogP) is 2.04. The molecule has 0 aliphatic carbocycles. The van der Waals surface area contributed by atoms with Crippen LogP contribution >= 0.6 is 0 Å². The van der Waals surface area contributed by atoms with Crippen molar-refractivity contribution >= 4 is 0 Å². The molecule has 1 N–H and O–H groups in total. The van der Waals surface area contributed by atoms with Crippen molar-refractivity contribution in [3.63, 3.8) is 0 Å². The maximum Gasteiger partial charge on any atom is 0.0857 e. The molecule has 0 fully saturated rings. The molecular weight excluding hydrogens is 238 g/mol. The van der Waals surface area contributed by atoms with Crippen LogP contribution in [-0.2, 0) is 19.4 Å². The van der Waals surface area contributed by atoms with E-state index in [2.05, 4.69) is 49.3 Å². The van der Waals surface area contributed by atoms with Gasteiger partial charge in [-0.2, -0.15) is 0 Å². The van der Waals surface area contributed by atoms with Gasteiger partial charge in [0.1, 0.15) is 0 Å². The van der Waals surface area contributed by atoms with E-state index in [0.29, 0.717) is 13.0 Å². The lowest BCUT2D eigenvalue weighted by Gasteiger charge is -2.08. The van der Waals surface area contributed by atoms with Crippen molar-refractivity contribution in [3.05, 3.63) is 46.3 Å². The van der Waals surface area contributed by atoms with E-state index in [0.717, 1.165) is 17.8 Å². The quantitative estimate of drug-likeness (QED) is 0.894. The molecule has 102 valence electrons. The van der Waals surface area contributed by atoms with Gasteiger partial charge in [0.2, 0.25) is 0 Å². The molecule has 2 aromatic rings. The number of benzene rings is 1. The zero-order valence-electron chi connectivity index (χ0n) is 11.8. The molecule has 4 nitrogen and oxygen atoms in total. The highest BCUT2D eigenvalue weighted by atomic mass is 16.3. The minimum absolute atomic E-state index is 0.132. The van der Waals surface area contributed by atoms with Crippen LogP contribution in [0.5, 0.6) is 0 Å². The van der Waals surface area contributed by atoms with E-state index in [4.69, 9.17) is 5.11 Å². The molecule has 19 heavy (non-hydrogen) atoms. The number of hydrogen-bond acceptors (Lipinski definition) is 3. The lowest BCUT2D eigenvalue weighted by molar-refractivity contribution is 0.295. The lowest BCUT2D eigenvalue weighted by Crippen LogP contribution is -2.09. The Labute approximate surface area is 114 Å². The second-order valence-electron chi connectivity index (χ2n) is 4.96. The third kappa shape index (κ3) is 3.20. The van der Waals surface area contributed by atoms with Gasteiger partial charge in [0.25, 0.3) is 0 Å². The van der Waals surface area contributed by atoms with E-state index in [-0.39, 0.29) is 6.61 Å².